The van der Waals surface area contributed by atoms with Gasteiger partial charge < -0.3 is 14.8 Å². The average Bonchev–Trinajstić information content (AvgIpc) is 3.12. The number of benzene rings is 1. The normalized spacial score (nSPS) is 14.2. The number of furan rings is 1. The van der Waals surface area contributed by atoms with Gasteiger partial charge in [-0.25, -0.2) is 0 Å². The number of carbonyl (C=O) groups is 1. The summed E-state index contributed by atoms with van der Waals surface area (Å²) in [4.78, 5) is 13.0. The second-order valence-corrected chi connectivity index (χ2v) is 6.30. The smallest absolute Gasteiger partial charge is 0.230 e. The van der Waals surface area contributed by atoms with Crippen molar-refractivity contribution in [1.29, 1.82) is 0 Å². The third-order valence-corrected chi connectivity index (χ3v) is 4.79. The number of aliphatic hydroxyl groups excluding tert-OH is 1. The van der Waals surface area contributed by atoms with Gasteiger partial charge in [0.1, 0.15) is 11.9 Å². The maximum Gasteiger partial charge on any atom is 0.230 e. The molecule has 2 N–H and O–H groups in total. The van der Waals surface area contributed by atoms with Gasteiger partial charge in [0.2, 0.25) is 5.91 Å². The molecule has 1 amide bonds. The lowest BCUT2D eigenvalue weighted by molar-refractivity contribution is -0.128. The van der Waals surface area contributed by atoms with Crippen LogP contribution in [0.3, 0.4) is 0 Å². The zero-order chi connectivity index (χ0) is 17.6. The van der Waals surface area contributed by atoms with Gasteiger partial charge in [-0.15, -0.1) is 0 Å². The SMILES string of the molecule is CCC(CC)(C(=O)NC(C)CC(O)c1ccco1)c1ccccc1. The first-order chi connectivity index (χ1) is 11.5. The minimum atomic E-state index is -0.718. The second-order valence-electron chi connectivity index (χ2n) is 6.30. The van der Waals surface area contributed by atoms with Gasteiger partial charge in [-0.2, -0.15) is 0 Å². The van der Waals surface area contributed by atoms with E-state index < -0.39 is 11.5 Å². The van der Waals surface area contributed by atoms with Crippen LogP contribution in [0.2, 0.25) is 0 Å². The molecule has 130 valence electrons. The molecule has 2 aromatic rings. The fourth-order valence-corrected chi connectivity index (χ4v) is 3.22. The summed E-state index contributed by atoms with van der Waals surface area (Å²) in [5.41, 5.74) is 0.497. The van der Waals surface area contributed by atoms with E-state index in [-0.39, 0.29) is 11.9 Å². The predicted molar refractivity (Wildman–Crippen MR) is 94.6 cm³/mol. The molecule has 24 heavy (non-hydrogen) atoms. The first kappa shape index (κ1) is 18.3. The maximum absolute atomic E-state index is 13.0. The lowest BCUT2D eigenvalue weighted by atomic mass is 9.75. The molecule has 2 unspecified atom stereocenters. The van der Waals surface area contributed by atoms with Crippen LogP contribution in [-0.4, -0.2) is 17.1 Å². The molecule has 0 aliphatic rings. The van der Waals surface area contributed by atoms with Crippen LogP contribution in [0, 0.1) is 0 Å². The van der Waals surface area contributed by atoms with E-state index in [0.717, 1.165) is 18.4 Å². The molecule has 0 bridgehead atoms. The first-order valence-corrected chi connectivity index (χ1v) is 8.61. The molecule has 0 radical (unpaired) electrons. The van der Waals surface area contributed by atoms with Crippen LogP contribution in [0.25, 0.3) is 0 Å². The van der Waals surface area contributed by atoms with Gasteiger partial charge in [0, 0.05) is 12.5 Å². The lowest BCUT2D eigenvalue weighted by Gasteiger charge is -2.32. The van der Waals surface area contributed by atoms with Crippen molar-refractivity contribution in [3.05, 3.63) is 60.1 Å². The van der Waals surface area contributed by atoms with Crippen molar-refractivity contribution in [2.45, 2.75) is 57.6 Å². The molecule has 1 aromatic heterocycles. The molecule has 0 saturated heterocycles. The molecular weight excluding hydrogens is 302 g/mol. The van der Waals surface area contributed by atoms with E-state index in [1.165, 1.54) is 6.26 Å². The molecule has 1 heterocycles. The van der Waals surface area contributed by atoms with Crippen molar-refractivity contribution in [1.82, 2.24) is 5.32 Å². The van der Waals surface area contributed by atoms with Crippen LogP contribution in [0.5, 0.6) is 0 Å². The molecule has 0 aliphatic heterocycles. The molecule has 0 fully saturated rings. The number of amides is 1. The highest BCUT2D eigenvalue weighted by atomic mass is 16.4. The maximum atomic E-state index is 13.0. The summed E-state index contributed by atoms with van der Waals surface area (Å²) in [6, 6.07) is 13.2. The van der Waals surface area contributed by atoms with Gasteiger partial charge in [-0.05, 0) is 37.5 Å². The summed E-state index contributed by atoms with van der Waals surface area (Å²) in [5, 5.41) is 13.3. The van der Waals surface area contributed by atoms with Crippen molar-refractivity contribution in [3.8, 4) is 0 Å². The highest BCUT2D eigenvalue weighted by Gasteiger charge is 2.37. The third-order valence-electron chi connectivity index (χ3n) is 4.79. The molecule has 4 nitrogen and oxygen atoms in total. The van der Waals surface area contributed by atoms with Gasteiger partial charge in [0.25, 0.3) is 0 Å². The molecule has 1 aromatic carbocycles. The number of rotatable bonds is 8. The zero-order valence-electron chi connectivity index (χ0n) is 14.7. The van der Waals surface area contributed by atoms with Crippen molar-refractivity contribution in [2.75, 3.05) is 0 Å². The molecule has 2 atom stereocenters. The number of hydrogen-bond donors (Lipinski definition) is 2. The van der Waals surface area contributed by atoms with Crippen LogP contribution in [-0.2, 0) is 10.2 Å². The zero-order valence-corrected chi connectivity index (χ0v) is 14.7. The number of carbonyl (C=O) groups excluding carboxylic acids is 1. The highest BCUT2D eigenvalue weighted by Crippen LogP contribution is 2.32. The Morgan fingerprint density at radius 3 is 2.38 bits per heavy atom. The topological polar surface area (TPSA) is 62.5 Å². The molecular formula is C20H27NO3. The second kappa shape index (κ2) is 8.15. The molecule has 0 aliphatic carbocycles. The van der Waals surface area contributed by atoms with Gasteiger partial charge in [-0.3, -0.25) is 4.79 Å². The van der Waals surface area contributed by atoms with E-state index in [2.05, 4.69) is 5.32 Å². The quantitative estimate of drug-likeness (QED) is 0.770. The monoisotopic (exact) mass is 329 g/mol. The largest absolute Gasteiger partial charge is 0.467 e. The highest BCUT2D eigenvalue weighted by molar-refractivity contribution is 5.88. The van der Waals surface area contributed by atoms with E-state index in [4.69, 9.17) is 4.42 Å². The summed E-state index contributed by atoms with van der Waals surface area (Å²) in [7, 11) is 0. The van der Waals surface area contributed by atoms with Gasteiger partial charge >= 0.3 is 0 Å². The molecule has 2 rings (SSSR count). The predicted octanol–water partition coefficient (Wildman–Crippen LogP) is 3.97. The summed E-state index contributed by atoms with van der Waals surface area (Å²) < 4.78 is 5.22. The summed E-state index contributed by atoms with van der Waals surface area (Å²) >= 11 is 0. The van der Waals surface area contributed by atoms with Crippen molar-refractivity contribution in [3.63, 3.8) is 0 Å². The lowest BCUT2D eigenvalue weighted by Crippen LogP contribution is -2.47. The Hall–Kier alpha value is -2.07. The summed E-state index contributed by atoms with van der Waals surface area (Å²) in [6.07, 6.45) is 2.69. The molecule has 4 heteroatoms. The van der Waals surface area contributed by atoms with Crippen LogP contribution in [0.15, 0.2) is 53.1 Å². The Balaban J connectivity index is 2.08. The minimum Gasteiger partial charge on any atom is -0.467 e. The van der Waals surface area contributed by atoms with E-state index in [1.807, 2.05) is 51.1 Å². The molecule has 0 saturated carbocycles. The first-order valence-electron chi connectivity index (χ1n) is 8.61. The number of hydrogen-bond acceptors (Lipinski definition) is 3. The van der Waals surface area contributed by atoms with Crippen molar-refractivity contribution < 1.29 is 14.3 Å². The fourth-order valence-electron chi connectivity index (χ4n) is 3.22. The van der Waals surface area contributed by atoms with Crippen molar-refractivity contribution in [2.24, 2.45) is 0 Å². The van der Waals surface area contributed by atoms with E-state index >= 15 is 0 Å². The van der Waals surface area contributed by atoms with Crippen LogP contribution in [0.4, 0.5) is 0 Å². The standard InChI is InChI=1S/C20H27NO3/c1-4-20(5-2,16-10-7-6-8-11-16)19(23)21-15(3)14-17(22)18-12-9-13-24-18/h6-13,15,17,22H,4-5,14H2,1-3H3,(H,21,23). The van der Waals surface area contributed by atoms with E-state index in [0.29, 0.717) is 12.2 Å². The van der Waals surface area contributed by atoms with Crippen molar-refractivity contribution >= 4 is 5.91 Å². The Kier molecular flexibility index (Phi) is 6.21. The van der Waals surface area contributed by atoms with Gasteiger partial charge in [-0.1, -0.05) is 44.2 Å². The Labute approximate surface area is 143 Å². The minimum absolute atomic E-state index is 0.0119. The average molecular weight is 329 g/mol. The van der Waals surface area contributed by atoms with Gasteiger partial charge in [0.15, 0.2) is 0 Å². The number of aliphatic hydroxyl groups is 1. The third kappa shape index (κ3) is 3.88. The van der Waals surface area contributed by atoms with Crippen LogP contribution in [0.1, 0.15) is 57.5 Å². The molecule has 0 spiro atoms. The fraction of sp³-hybridized carbons (Fsp3) is 0.450. The Bertz CT molecular complexity index is 618. The van der Waals surface area contributed by atoms with Gasteiger partial charge in [0.05, 0.1) is 11.7 Å². The van der Waals surface area contributed by atoms with Crippen LogP contribution < -0.4 is 5.32 Å². The summed E-state index contributed by atoms with van der Waals surface area (Å²) in [5.74, 6) is 0.536. The van der Waals surface area contributed by atoms with E-state index in [1.54, 1.807) is 12.1 Å². The number of nitrogens with one attached hydrogen (secondary N) is 1. The Morgan fingerprint density at radius 2 is 1.83 bits per heavy atom. The summed E-state index contributed by atoms with van der Waals surface area (Å²) in [6.45, 7) is 5.99. The Morgan fingerprint density at radius 1 is 1.17 bits per heavy atom. The van der Waals surface area contributed by atoms with E-state index in [9.17, 15) is 9.90 Å². The van der Waals surface area contributed by atoms with Crippen LogP contribution >= 0.6 is 0 Å².